The number of aromatic nitrogens is 1. The largest absolute Gasteiger partial charge is 0.412 e. The lowest BCUT2D eigenvalue weighted by Gasteiger charge is -1.80. The van der Waals surface area contributed by atoms with Crippen LogP contribution in [-0.2, 0) is 0 Å². The van der Waals surface area contributed by atoms with E-state index in [0.29, 0.717) is 0 Å². The zero-order chi connectivity index (χ0) is 5.11. The summed E-state index contributed by atoms with van der Waals surface area (Å²) in [6.07, 6.45) is 3.48. The Hall–Kier alpha value is -0.410. The topological polar surface area (TPSA) is 44.4 Å². The van der Waals surface area contributed by atoms with Crippen molar-refractivity contribution in [1.29, 1.82) is 0 Å². The summed E-state index contributed by atoms with van der Waals surface area (Å²) in [5.41, 5.74) is 0. The third-order valence-corrected chi connectivity index (χ3v) is 1.17. The lowest BCUT2D eigenvalue weighted by Crippen LogP contribution is -1.63. The fraction of sp³-hybridized carbons (Fsp3) is 0. The van der Waals surface area contributed by atoms with Crippen LogP contribution in [0.15, 0.2) is 29.0 Å². The van der Waals surface area contributed by atoms with Crippen molar-refractivity contribution in [3.05, 3.63) is 29.0 Å². The van der Waals surface area contributed by atoms with E-state index in [4.69, 9.17) is 0 Å². The molecule has 44 valence electrons. The summed E-state index contributed by atoms with van der Waals surface area (Å²) in [6.45, 7) is 0. The number of halogens is 1. The molecule has 8 heavy (non-hydrogen) atoms. The molecule has 0 amide bonds. The highest BCUT2D eigenvalue weighted by atomic mass is 79.9. The minimum atomic E-state index is 0. The highest BCUT2D eigenvalue weighted by Crippen LogP contribution is 2.03. The monoisotopic (exact) mass is 175 g/mol. The zero-order valence-corrected chi connectivity index (χ0v) is 5.72. The second-order valence-corrected chi connectivity index (χ2v) is 2.08. The van der Waals surface area contributed by atoms with E-state index in [9.17, 15) is 0 Å². The van der Waals surface area contributed by atoms with E-state index in [1.807, 2.05) is 12.1 Å². The number of nitrogens with zero attached hydrogens (tertiary/aromatic N) is 1. The lowest BCUT2D eigenvalue weighted by molar-refractivity contribution is 0.824. The van der Waals surface area contributed by atoms with Gasteiger partial charge in [-0.05, 0) is 12.1 Å². The van der Waals surface area contributed by atoms with E-state index < -0.39 is 0 Å². The molecule has 0 saturated carbocycles. The van der Waals surface area contributed by atoms with Crippen LogP contribution in [0, 0.1) is 0 Å². The fourth-order valence-corrected chi connectivity index (χ4v) is 0.570. The van der Waals surface area contributed by atoms with Crippen LogP contribution in [-0.4, -0.2) is 10.5 Å². The molecule has 1 heterocycles. The van der Waals surface area contributed by atoms with Crippen LogP contribution in [0.3, 0.4) is 0 Å². The predicted molar refractivity (Wildman–Crippen MR) is 35.6 cm³/mol. The van der Waals surface area contributed by atoms with E-state index >= 15 is 0 Å². The molecule has 0 bridgehead atoms. The molecule has 1 aromatic rings. The van der Waals surface area contributed by atoms with E-state index in [1.54, 1.807) is 12.4 Å². The first-order chi connectivity index (χ1) is 3.39. The molecule has 1 aromatic heterocycles. The third kappa shape index (κ3) is 2.04. The van der Waals surface area contributed by atoms with Gasteiger partial charge in [0, 0.05) is 16.9 Å². The Morgan fingerprint density at radius 2 is 1.75 bits per heavy atom. The molecule has 0 aliphatic carbocycles. The Balaban J connectivity index is 0.000000490. The van der Waals surface area contributed by atoms with Gasteiger partial charge in [-0.15, -0.1) is 0 Å². The molecule has 0 atom stereocenters. The van der Waals surface area contributed by atoms with Gasteiger partial charge in [0.05, 0.1) is 0 Å². The highest BCUT2D eigenvalue weighted by Gasteiger charge is 1.75. The van der Waals surface area contributed by atoms with Gasteiger partial charge in [0.25, 0.3) is 0 Å². The average Bonchev–Trinajstić information content (AvgIpc) is 1.69. The van der Waals surface area contributed by atoms with Gasteiger partial charge in [0.2, 0.25) is 0 Å². The van der Waals surface area contributed by atoms with Crippen LogP contribution in [0.5, 0.6) is 0 Å². The second-order valence-electron chi connectivity index (χ2n) is 1.17. The summed E-state index contributed by atoms with van der Waals surface area (Å²) in [7, 11) is 0. The van der Waals surface area contributed by atoms with Gasteiger partial charge in [0.15, 0.2) is 0 Å². The Morgan fingerprint density at radius 1 is 1.25 bits per heavy atom. The lowest BCUT2D eigenvalue weighted by atomic mass is 10.5. The first-order valence-electron chi connectivity index (χ1n) is 1.95. The maximum atomic E-state index is 3.82. The molecular formula is C5H6BrNO. The number of hydrogen-bond donors (Lipinski definition) is 0. The first-order valence-corrected chi connectivity index (χ1v) is 2.74. The van der Waals surface area contributed by atoms with E-state index in [0.717, 1.165) is 4.47 Å². The van der Waals surface area contributed by atoms with Gasteiger partial charge in [-0.25, -0.2) is 0 Å². The number of pyridine rings is 1. The molecular weight excluding hydrogens is 170 g/mol. The summed E-state index contributed by atoms with van der Waals surface area (Å²) >= 11 is 3.27. The SMILES string of the molecule is Brc1ccncc1.O. The minimum absolute atomic E-state index is 0. The smallest absolute Gasteiger partial charge is 0.0279 e. The summed E-state index contributed by atoms with van der Waals surface area (Å²) in [5.74, 6) is 0. The Morgan fingerprint density at radius 3 is 2.00 bits per heavy atom. The van der Waals surface area contributed by atoms with Crippen LogP contribution >= 0.6 is 15.9 Å². The Bertz CT molecular complexity index is 142. The van der Waals surface area contributed by atoms with Gasteiger partial charge in [-0.2, -0.15) is 0 Å². The molecule has 0 aliphatic rings. The van der Waals surface area contributed by atoms with Crippen molar-refractivity contribution in [2.45, 2.75) is 0 Å². The van der Waals surface area contributed by atoms with Crippen molar-refractivity contribution in [3.8, 4) is 0 Å². The quantitative estimate of drug-likeness (QED) is 0.581. The van der Waals surface area contributed by atoms with Crippen molar-refractivity contribution in [2.24, 2.45) is 0 Å². The van der Waals surface area contributed by atoms with Crippen LogP contribution in [0.4, 0.5) is 0 Å². The van der Waals surface area contributed by atoms with Crippen molar-refractivity contribution in [3.63, 3.8) is 0 Å². The average molecular weight is 176 g/mol. The van der Waals surface area contributed by atoms with E-state index in [2.05, 4.69) is 20.9 Å². The Labute approximate surface area is 56.0 Å². The second kappa shape index (κ2) is 3.57. The van der Waals surface area contributed by atoms with Crippen molar-refractivity contribution in [1.82, 2.24) is 4.98 Å². The molecule has 1 rings (SSSR count). The van der Waals surface area contributed by atoms with Crippen LogP contribution in [0.1, 0.15) is 0 Å². The highest BCUT2D eigenvalue weighted by molar-refractivity contribution is 9.10. The van der Waals surface area contributed by atoms with Gasteiger partial charge in [-0.3, -0.25) is 4.98 Å². The van der Waals surface area contributed by atoms with Gasteiger partial charge < -0.3 is 5.48 Å². The molecule has 0 aromatic carbocycles. The van der Waals surface area contributed by atoms with Crippen LogP contribution in [0.25, 0.3) is 0 Å². The summed E-state index contributed by atoms with van der Waals surface area (Å²) in [5, 5.41) is 0. The zero-order valence-electron chi connectivity index (χ0n) is 4.13. The van der Waals surface area contributed by atoms with Crippen molar-refractivity contribution < 1.29 is 5.48 Å². The van der Waals surface area contributed by atoms with Gasteiger partial charge >= 0.3 is 0 Å². The molecule has 0 spiro atoms. The number of hydrogen-bond acceptors (Lipinski definition) is 1. The van der Waals surface area contributed by atoms with Crippen LogP contribution in [0.2, 0.25) is 0 Å². The summed E-state index contributed by atoms with van der Waals surface area (Å²) < 4.78 is 1.07. The first kappa shape index (κ1) is 7.59. The molecule has 0 unspecified atom stereocenters. The third-order valence-electron chi connectivity index (χ3n) is 0.640. The molecule has 3 heteroatoms. The van der Waals surface area contributed by atoms with E-state index in [1.165, 1.54) is 0 Å². The van der Waals surface area contributed by atoms with Gasteiger partial charge in [0.1, 0.15) is 0 Å². The molecule has 0 fully saturated rings. The summed E-state index contributed by atoms with van der Waals surface area (Å²) in [6, 6.07) is 3.78. The van der Waals surface area contributed by atoms with Crippen molar-refractivity contribution >= 4 is 15.9 Å². The molecule has 0 saturated heterocycles. The molecule has 2 nitrogen and oxygen atoms in total. The van der Waals surface area contributed by atoms with E-state index in [-0.39, 0.29) is 5.48 Å². The predicted octanol–water partition coefficient (Wildman–Crippen LogP) is 1.02. The standard InChI is InChI=1S/C5H4BrN.H2O/c6-5-1-3-7-4-2-5;/h1-4H;1H2. The Kier molecular flexibility index (Phi) is 3.39. The maximum Gasteiger partial charge on any atom is 0.0279 e. The summed E-state index contributed by atoms with van der Waals surface area (Å²) in [4.78, 5) is 3.82. The fourth-order valence-electron chi connectivity index (χ4n) is 0.334. The van der Waals surface area contributed by atoms with Gasteiger partial charge in [-0.1, -0.05) is 15.9 Å². The minimum Gasteiger partial charge on any atom is -0.412 e. The van der Waals surface area contributed by atoms with Crippen LogP contribution < -0.4 is 0 Å². The number of rotatable bonds is 0. The molecule has 2 N–H and O–H groups in total. The molecule has 0 radical (unpaired) electrons. The van der Waals surface area contributed by atoms with Crippen molar-refractivity contribution in [2.75, 3.05) is 0 Å². The molecule has 0 aliphatic heterocycles. The normalized spacial score (nSPS) is 7.62. The maximum absolute atomic E-state index is 3.82.